The first kappa shape index (κ1) is 13.3. The molecule has 0 saturated carbocycles. The van der Waals surface area contributed by atoms with Gasteiger partial charge in [-0.2, -0.15) is 17.0 Å². The second-order valence-corrected chi connectivity index (χ2v) is 11.9. The van der Waals surface area contributed by atoms with E-state index in [-0.39, 0.29) is 0 Å². The highest BCUT2D eigenvalue weighted by molar-refractivity contribution is 7.98. The Hall–Kier alpha value is -0.723. The van der Waals surface area contributed by atoms with Crippen molar-refractivity contribution in [2.45, 2.75) is 31.4 Å². The van der Waals surface area contributed by atoms with E-state index in [1.807, 2.05) is 30.0 Å². The fourth-order valence-corrected chi connectivity index (χ4v) is 4.96. The molecule has 1 aromatic rings. The summed E-state index contributed by atoms with van der Waals surface area (Å²) in [5.74, 6) is 2.18. The van der Waals surface area contributed by atoms with Crippen LogP contribution in [0.1, 0.15) is 11.1 Å². The second-order valence-electron chi connectivity index (χ2n) is 5.13. The van der Waals surface area contributed by atoms with Gasteiger partial charge in [0.05, 0.1) is 11.6 Å². The third-order valence-electron chi connectivity index (χ3n) is 2.39. The molecule has 0 aliphatic heterocycles. The van der Waals surface area contributed by atoms with E-state index in [1.165, 1.54) is 17.4 Å². The molecule has 0 N–H and O–H groups in total. The molecule has 0 bridgehead atoms. The molecule has 0 aliphatic carbocycles. The molecule has 0 aromatic heterocycles. The first-order valence-electron chi connectivity index (χ1n) is 5.59. The van der Waals surface area contributed by atoms with Crippen LogP contribution in [0.5, 0.6) is 0 Å². The van der Waals surface area contributed by atoms with Gasteiger partial charge in [-0.1, -0.05) is 37.8 Å². The van der Waals surface area contributed by atoms with Crippen molar-refractivity contribution in [1.29, 1.82) is 5.26 Å². The molecule has 0 saturated heterocycles. The first-order valence-corrected chi connectivity index (χ1v) is 10.4. The average molecular weight is 249 g/mol. The summed E-state index contributed by atoms with van der Waals surface area (Å²) >= 11 is 1.95. The molecule has 3 heteroatoms. The molecule has 1 aromatic carbocycles. The standard InChI is InChI=1S/C13H19NSSi/c1-16(2,3)9-8-15-11-13-7-5-4-6-12(13)10-14/h4-7H,8-9,11H2,1-3H3. The lowest BCUT2D eigenvalue weighted by molar-refractivity contribution is 1.33. The highest BCUT2D eigenvalue weighted by Gasteiger charge is 2.12. The summed E-state index contributed by atoms with van der Waals surface area (Å²) in [7, 11) is -0.903. The van der Waals surface area contributed by atoms with Gasteiger partial charge >= 0.3 is 0 Å². The number of rotatable bonds is 5. The topological polar surface area (TPSA) is 23.8 Å². The average Bonchev–Trinajstić information content (AvgIpc) is 2.23. The molecule has 1 nitrogen and oxygen atoms in total. The van der Waals surface area contributed by atoms with Crippen LogP contribution in [0.3, 0.4) is 0 Å². The maximum atomic E-state index is 8.95. The predicted molar refractivity (Wildman–Crippen MR) is 75.5 cm³/mol. The molecule has 0 radical (unpaired) electrons. The zero-order chi connectivity index (χ0) is 12.0. The summed E-state index contributed by atoms with van der Waals surface area (Å²) in [5, 5.41) is 8.95. The van der Waals surface area contributed by atoms with Crippen molar-refractivity contribution in [3.05, 3.63) is 35.4 Å². The van der Waals surface area contributed by atoms with Gasteiger partial charge in [0, 0.05) is 13.8 Å². The first-order chi connectivity index (χ1) is 7.53. The van der Waals surface area contributed by atoms with E-state index in [4.69, 9.17) is 5.26 Å². The van der Waals surface area contributed by atoms with Crippen LogP contribution in [-0.4, -0.2) is 13.8 Å². The number of nitrogens with zero attached hydrogens (tertiary/aromatic N) is 1. The van der Waals surface area contributed by atoms with Crippen molar-refractivity contribution in [1.82, 2.24) is 0 Å². The van der Waals surface area contributed by atoms with Crippen molar-refractivity contribution < 1.29 is 0 Å². The molecule has 0 fully saturated rings. The van der Waals surface area contributed by atoms with Gasteiger partial charge in [0.15, 0.2) is 0 Å². The lowest BCUT2D eigenvalue weighted by Crippen LogP contribution is -2.19. The fourth-order valence-electron chi connectivity index (χ4n) is 1.32. The third kappa shape index (κ3) is 4.87. The van der Waals surface area contributed by atoms with Crippen LogP contribution in [-0.2, 0) is 5.75 Å². The van der Waals surface area contributed by atoms with Crippen LogP contribution in [0.25, 0.3) is 0 Å². The zero-order valence-corrected chi connectivity index (χ0v) is 12.1. The van der Waals surface area contributed by atoms with Gasteiger partial charge in [-0.3, -0.25) is 0 Å². The molecule has 0 amide bonds. The van der Waals surface area contributed by atoms with Crippen LogP contribution in [0.15, 0.2) is 24.3 Å². The lowest BCUT2D eigenvalue weighted by Gasteiger charge is -2.14. The largest absolute Gasteiger partial charge is 0.192 e. The van der Waals surface area contributed by atoms with Crippen LogP contribution < -0.4 is 0 Å². The number of thioether (sulfide) groups is 1. The molecule has 0 atom stereocenters. The predicted octanol–water partition coefficient (Wildman–Crippen LogP) is 4.13. The van der Waals surface area contributed by atoms with E-state index in [1.54, 1.807) is 0 Å². The van der Waals surface area contributed by atoms with Crippen LogP contribution in [0, 0.1) is 11.3 Å². The third-order valence-corrected chi connectivity index (χ3v) is 5.51. The van der Waals surface area contributed by atoms with Crippen molar-refractivity contribution in [2.75, 3.05) is 5.75 Å². The molecular formula is C13H19NSSi. The Bertz CT molecular complexity index is 376. The molecule has 0 spiro atoms. The highest BCUT2D eigenvalue weighted by Crippen LogP contribution is 2.19. The van der Waals surface area contributed by atoms with Crippen molar-refractivity contribution >= 4 is 19.8 Å². The van der Waals surface area contributed by atoms with E-state index >= 15 is 0 Å². The molecule has 0 unspecified atom stereocenters. The summed E-state index contributed by atoms with van der Waals surface area (Å²) in [6, 6.07) is 11.5. The minimum atomic E-state index is -0.903. The van der Waals surface area contributed by atoms with Crippen LogP contribution in [0.2, 0.25) is 25.7 Å². The normalized spacial score (nSPS) is 11.1. The lowest BCUT2D eigenvalue weighted by atomic mass is 10.1. The molecule has 0 aliphatic rings. The summed E-state index contributed by atoms with van der Waals surface area (Å²) in [6.45, 7) is 7.20. The Morgan fingerprint density at radius 2 is 1.94 bits per heavy atom. The Morgan fingerprint density at radius 3 is 2.56 bits per heavy atom. The summed E-state index contributed by atoms with van der Waals surface area (Å²) in [5.41, 5.74) is 1.99. The summed E-state index contributed by atoms with van der Waals surface area (Å²) in [6.07, 6.45) is 0. The van der Waals surface area contributed by atoms with Crippen LogP contribution in [0.4, 0.5) is 0 Å². The number of hydrogen-bond acceptors (Lipinski definition) is 2. The van der Waals surface area contributed by atoms with E-state index in [0.29, 0.717) is 0 Å². The van der Waals surface area contributed by atoms with Gasteiger partial charge in [0.2, 0.25) is 0 Å². The van der Waals surface area contributed by atoms with E-state index < -0.39 is 8.07 Å². The fraction of sp³-hybridized carbons (Fsp3) is 0.462. The number of hydrogen-bond donors (Lipinski definition) is 0. The molecular weight excluding hydrogens is 230 g/mol. The SMILES string of the molecule is C[Si](C)(C)CCSCc1ccccc1C#N. The Balaban J connectivity index is 2.41. The Kier molecular flexibility index (Phi) is 5.10. The van der Waals surface area contributed by atoms with Gasteiger partial charge in [0.1, 0.15) is 0 Å². The van der Waals surface area contributed by atoms with Gasteiger partial charge in [-0.15, -0.1) is 0 Å². The minimum Gasteiger partial charge on any atom is -0.192 e. The monoisotopic (exact) mass is 249 g/mol. The molecule has 16 heavy (non-hydrogen) atoms. The molecule has 86 valence electrons. The summed E-state index contributed by atoms with van der Waals surface area (Å²) in [4.78, 5) is 0. The van der Waals surface area contributed by atoms with Gasteiger partial charge < -0.3 is 0 Å². The number of benzene rings is 1. The number of nitriles is 1. The quantitative estimate of drug-likeness (QED) is 0.579. The van der Waals surface area contributed by atoms with E-state index in [2.05, 4.69) is 31.8 Å². The molecule has 1 rings (SSSR count). The maximum absolute atomic E-state index is 8.95. The second kappa shape index (κ2) is 6.12. The minimum absolute atomic E-state index is 0.822. The van der Waals surface area contributed by atoms with Crippen molar-refractivity contribution in [3.63, 3.8) is 0 Å². The Labute approximate surface area is 104 Å². The zero-order valence-electron chi connectivity index (χ0n) is 10.3. The highest BCUT2D eigenvalue weighted by atomic mass is 32.2. The van der Waals surface area contributed by atoms with Gasteiger partial charge in [-0.05, 0) is 23.4 Å². The summed E-state index contributed by atoms with van der Waals surface area (Å²) < 4.78 is 0. The van der Waals surface area contributed by atoms with Crippen molar-refractivity contribution in [3.8, 4) is 6.07 Å². The Morgan fingerprint density at radius 1 is 1.25 bits per heavy atom. The van der Waals surface area contributed by atoms with Crippen LogP contribution >= 0.6 is 11.8 Å². The van der Waals surface area contributed by atoms with E-state index in [0.717, 1.165) is 11.3 Å². The smallest absolute Gasteiger partial charge is 0.0994 e. The van der Waals surface area contributed by atoms with E-state index in [9.17, 15) is 0 Å². The van der Waals surface area contributed by atoms with Gasteiger partial charge in [-0.25, -0.2) is 0 Å². The van der Waals surface area contributed by atoms with Crippen molar-refractivity contribution in [2.24, 2.45) is 0 Å². The maximum Gasteiger partial charge on any atom is 0.0994 e. The van der Waals surface area contributed by atoms with Gasteiger partial charge in [0.25, 0.3) is 0 Å². The molecule has 0 heterocycles.